The zero-order chi connectivity index (χ0) is 14.7. The number of phenolic OH excluding ortho intramolecular Hbond substituents is 1. The van der Waals surface area contributed by atoms with Crippen LogP contribution in [-0.4, -0.2) is 21.6 Å². The largest absolute Gasteiger partial charge is 0.508 e. The fraction of sp³-hybridized carbons (Fsp3) is 0.250. The Morgan fingerprint density at radius 3 is 2.76 bits per heavy atom. The average molecular weight is 299 g/mol. The Morgan fingerprint density at radius 2 is 2.00 bits per heavy atom. The normalized spacial score (nSPS) is 10.9. The molecule has 4 nitrogen and oxygen atoms in total. The number of thiophene rings is 1. The second-order valence-electron chi connectivity index (χ2n) is 4.85. The van der Waals surface area contributed by atoms with Gasteiger partial charge >= 0.3 is 0 Å². The maximum atomic E-state index is 9.27. The van der Waals surface area contributed by atoms with Gasteiger partial charge in [-0.05, 0) is 36.6 Å². The first-order valence-electron chi connectivity index (χ1n) is 7.01. The van der Waals surface area contributed by atoms with E-state index < -0.39 is 0 Å². The minimum absolute atomic E-state index is 0.301. The predicted molar refractivity (Wildman–Crippen MR) is 87.1 cm³/mol. The molecule has 3 aromatic rings. The van der Waals surface area contributed by atoms with Crippen molar-refractivity contribution in [2.45, 2.75) is 19.8 Å². The lowest BCUT2D eigenvalue weighted by atomic mass is 10.1. The molecular formula is C16H17N3OS. The number of aromatic hydroxyl groups is 1. The number of rotatable bonds is 5. The molecule has 0 amide bonds. The zero-order valence-electron chi connectivity index (χ0n) is 11.8. The summed E-state index contributed by atoms with van der Waals surface area (Å²) in [6.45, 7) is 2.95. The first-order valence-corrected chi connectivity index (χ1v) is 7.83. The van der Waals surface area contributed by atoms with E-state index in [2.05, 4.69) is 28.3 Å². The van der Waals surface area contributed by atoms with E-state index in [4.69, 9.17) is 0 Å². The highest BCUT2D eigenvalue weighted by molar-refractivity contribution is 7.18. The summed E-state index contributed by atoms with van der Waals surface area (Å²) in [6, 6.07) is 9.47. The summed E-state index contributed by atoms with van der Waals surface area (Å²) < 4.78 is 0. The number of hydrogen-bond acceptors (Lipinski definition) is 5. The molecule has 21 heavy (non-hydrogen) atoms. The van der Waals surface area contributed by atoms with Crippen LogP contribution in [0.15, 0.2) is 36.7 Å². The molecule has 0 aliphatic carbocycles. The topological polar surface area (TPSA) is 58.0 Å². The van der Waals surface area contributed by atoms with Crippen LogP contribution >= 0.6 is 11.3 Å². The Kier molecular flexibility index (Phi) is 4.01. The van der Waals surface area contributed by atoms with Gasteiger partial charge in [-0.15, -0.1) is 11.3 Å². The molecule has 0 unspecified atom stereocenters. The summed E-state index contributed by atoms with van der Waals surface area (Å²) in [5.41, 5.74) is 1.19. The number of nitrogens with one attached hydrogen (secondary N) is 1. The monoisotopic (exact) mass is 299 g/mol. The quantitative estimate of drug-likeness (QED) is 0.755. The fourth-order valence-corrected chi connectivity index (χ4v) is 3.14. The summed E-state index contributed by atoms with van der Waals surface area (Å²) in [5, 5.41) is 13.8. The van der Waals surface area contributed by atoms with Crippen LogP contribution in [0.2, 0.25) is 0 Å². The van der Waals surface area contributed by atoms with Crippen molar-refractivity contribution < 1.29 is 5.11 Å². The number of fused-ring (bicyclic) bond motifs is 1. The maximum Gasteiger partial charge on any atom is 0.138 e. The summed E-state index contributed by atoms with van der Waals surface area (Å²) in [5.74, 6) is 1.20. The Bertz CT molecular complexity index is 737. The summed E-state index contributed by atoms with van der Waals surface area (Å²) in [7, 11) is 0. The molecule has 0 atom stereocenters. The predicted octanol–water partition coefficient (Wildman–Crippen LogP) is 3.61. The second kappa shape index (κ2) is 6.10. The summed E-state index contributed by atoms with van der Waals surface area (Å²) in [6.07, 6.45) is 3.52. The SMILES string of the molecule is CCc1cc2c(NCCc3ccc(O)cc3)ncnc2s1. The molecular weight excluding hydrogens is 282 g/mol. The van der Waals surface area contributed by atoms with Crippen molar-refractivity contribution in [3.63, 3.8) is 0 Å². The van der Waals surface area contributed by atoms with Crippen molar-refractivity contribution in [1.29, 1.82) is 0 Å². The molecule has 0 aliphatic heterocycles. The van der Waals surface area contributed by atoms with E-state index >= 15 is 0 Å². The van der Waals surface area contributed by atoms with Gasteiger partial charge in [-0.3, -0.25) is 0 Å². The third-order valence-electron chi connectivity index (χ3n) is 3.37. The standard InChI is InChI=1S/C16H17N3OS/c1-2-13-9-14-15(18-10-19-16(14)21-13)17-8-7-11-3-5-12(20)6-4-11/h3-6,9-10,20H,2,7-8H2,1H3,(H,17,18,19). The highest BCUT2D eigenvalue weighted by atomic mass is 32.1. The van der Waals surface area contributed by atoms with Crippen LogP contribution in [0.1, 0.15) is 17.4 Å². The van der Waals surface area contributed by atoms with Crippen molar-refractivity contribution in [3.8, 4) is 5.75 Å². The van der Waals surface area contributed by atoms with E-state index in [1.54, 1.807) is 29.8 Å². The van der Waals surface area contributed by atoms with Crippen molar-refractivity contribution in [3.05, 3.63) is 47.1 Å². The molecule has 0 saturated carbocycles. The number of benzene rings is 1. The van der Waals surface area contributed by atoms with E-state index in [1.165, 1.54) is 10.4 Å². The highest BCUT2D eigenvalue weighted by Gasteiger charge is 2.07. The van der Waals surface area contributed by atoms with Gasteiger partial charge in [0.2, 0.25) is 0 Å². The molecule has 3 rings (SSSR count). The third kappa shape index (κ3) is 3.13. The van der Waals surface area contributed by atoms with Crippen LogP contribution in [0.3, 0.4) is 0 Å². The van der Waals surface area contributed by atoms with Crippen molar-refractivity contribution in [1.82, 2.24) is 9.97 Å². The Balaban J connectivity index is 1.70. The molecule has 1 aromatic carbocycles. The van der Waals surface area contributed by atoms with Gasteiger partial charge in [0.25, 0.3) is 0 Å². The maximum absolute atomic E-state index is 9.27. The number of nitrogens with zero attached hydrogens (tertiary/aromatic N) is 2. The van der Waals surface area contributed by atoms with Crippen LogP contribution in [-0.2, 0) is 12.8 Å². The first-order chi connectivity index (χ1) is 10.3. The van der Waals surface area contributed by atoms with E-state index in [0.717, 1.165) is 35.4 Å². The molecule has 0 saturated heterocycles. The lowest BCUT2D eigenvalue weighted by Crippen LogP contribution is -2.06. The summed E-state index contributed by atoms with van der Waals surface area (Å²) >= 11 is 1.72. The van der Waals surface area contributed by atoms with Crippen molar-refractivity contribution in [2.24, 2.45) is 0 Å². The molecule has 0 bridgehead atoms. The lowest BCUT2D eigenvalue weighted by Gasteiger charge is -2.06. The van der Waals surface area contributed by atoms with Gasteiger partial charge in [0.1, 0.15) is 22.7 Å². The smallest absolute Gasteiger partial charge is 0.138 e. The molecule has 2 aromatic heterocycles. The Labute approximate surface area is 127 Å². The van der Waals surface area contributed by atoms with Crippen LogP contribution in [0.5, 0.6) is 5.75 Å². The van der Waals surface area contributed by atoms with Crippen LogP contribution < -0.4 is 5.32 Å². The van der Waals surface area contributed by atoms with Crippen molar-refractivity contribution >= 4 is 27.4 Å². The van der Waals surface area contributed by atoms with Gasteiger partial charge in [-0.2, -0.15) is 0 Å². The molecule has 5 heteroatoms. The minimum atomic E-state index is 0.301. The zero-order valence-corrected chi connectivity index (χ0v) is 12.7. The molecule has 0 spiro atoms. The molecule has 2 heterocycles. The number of anilines is 1. The molecule has 0 fully saturated rings. The van der Waals surface area contributed by atoms with Gasteiger partial charge in [0.05, 0.1) is 5.39 Å². The van der Waals surface area contributed by atoms with E-state index in [0.29, 0.717) is 5.75 Å². The third-order valence-corrected chi connectivity index (χ3v) is 4.56. The van der Waals surface area contributed by atoms with Gasteiger partial charge in [0.15, 0.2) is 0 Å². The Morgan fingerprint density at radius 1 is 1.19 bits per heavy atom. The first kappa shape index (κ1) is 13.8. The minimum Gasteiger partial charge on any atom is -0.508 e. The van der Waals surface area contributed by atoms with Gasteiger partial charge in [-0.25, -0.2) is 9.97 Å². The summed E-state index contributed by atoms with van der Waals surface area (Å²) in [4.78, 5) is 11.0. The fourth-order valence-electron chi connectivity index (χ4n) is 2.21. The Hall–Kier alpha value is -2.14. The molecule has 0 aliphatic rings. The van der Waals surface area contributed by atoms with Crippen molar-refractivity contribution in [2.75, 3.05) is 11.9 Å². The molecule has 0 radical (unpaired) electrons. The van der Waals surface area contributed by atoms with Gasteiger partial charge in [-0.1, -0.05) is 19.1 Å². The lowest BCUT2D eigenvalue weighted by molar-refractivity contribution is 0.475. The van der Waals surface area contributed by atoms with E-state index in [-0.39, 0.29) is 0 Å². The van der Waals surface area contributed by atoms with Gasteiger partial charge in [0, 0.05) is 11.4 Å². The van der Waals surface area contributed by atoms with E-state index in [9.17, 15) is 5.11 Å². The number of aromatic nitrogens is 2. The van der Waals surface area contributed by atoms with Crippen LogP contribution in [0, 0.1) is 0 Å². The number of phenols is 1. The second-order valence-corrected chi connectivity index (χ2v) is 5.97. The van der Waals surface area contributed by atoms with Crippen LogP contribution in [0.4, 0.5) is 5.82 Å². The molecule has 108 valence electrons. The van der Waals surface area contributed by atoms with Gasteiger partial charge < -0.3 is 10.4 Å². The highest BCUT2D eigenvalue weighted by Crippen LogP contribution is 2.28. The number of hydrogen-bond donors (Lipinski definition) is 2. The number of aryl methyl sites for hydroxylation is 1. The average Bonchev–Trinajstić information content (AvgIpc) is 2.93. The molecule has 2 N–H and O–H groups in total. The van der Waals surface area contributed by atoms with E-state index in [1.807, 2.05) is 12.1 Å². The van der Waals surface area contributed by atoms with Crippen LogP contribution in [0.25, 0.3) is 10.2 Å².